The maximum Gasteiger partial charge on any atom is 0.269 e. The summed E-state index contributed by atoms with van der Waals surface area (Å²) in [5, 5.41) is 14.2. The van der Waals surface area contributed by atoms with Gasteiger partial charge in [0.25, 0.3) is 5.69 Å². The molecule has 0 radical (unpaired) electrons. The minimum atomic E-state index is -0.415. The molecule has 0 atom stereocenters. The lowest BCUT2D eigenvalue weighted by molar-refractivity contribution is -0.384. The van der Waals surface area contributed by atoms with Crippen LogP contribution in [0.25, 0.3) is 22.2 Å². The zero-order valence-electron chi connectivity index (χ0n) is 17.4. The van der Waals surface area contributed by atoms with E-state index >= 15 is 0 Å². The number of H-pyrrole nitrogens is 1. The number of halogens is 1. The van der Waals surface area contributed by atoms with E-state index in [4.69, 9.17) is 0 Å². The number of nitrogens with one attached hydrogen (secondary N) is 1. The highest BCUT2D eigenvalue weighted by atomic mass is 32.1. The van der Waals surface area contributed by atoms with Crippen LogP contribution in [-0.2, 0) is 13.0 Å². The maximum absolute atomic E-state index is 14.3. The first kappa shape index (κ1) is 20.8. The van der Waals surface area contributed by atoms with Gasteiger partial charge in [0.1, 0.15) is 11.5 Å². The zero-order chi connectivity index (χ0) is 22.8. The lowest BCUT2D eigenvalue weighted by Gasteiger charge is -2.09. The van der Waals surface area contributed by atoms with Gasteiger partial charge in [0, 0.05) is 41.2 Å². The zero-order valence-corrected chi connectivity index (χ0v) is 18.3. The van der Waals surface area contributed by atoms with E-state index in [-0.39, 0.29) is 17.2 Å². The number of rotatable bonds is 6. The van der Waals surface area contributed by atoms with Crippen LogP contribution in [0.3, 0.4) is 0 Å². The van der Waals surface area contributed by atoms with Crippen LogP contribution < -0.4 is 4.80 Å². The molecule has 0 saturated carbocycles. The Kier molecular flexibility index (Phi) is 5.58. The van der Waals surface area contributed by atoms with Crippen molar-refractivity contribution in [1.82, 2.24) is 9.55 Å². The molecule has 0 saturated heterocycles. The Morgan fingerprint density at radius 1 is 1.03 bits per heavy atom. The van der Waals surface area contributed by atoms with Gasteiger partial charge in [-0.15, -0.1) is 11.3 Å². The fourth-order valence-electron chi connectivity index (χ4n) is 3.84. The number of para-hydroxylation sites is 2. The molecule has 2 heterocycles. The van der Waals surface area contributed by atoms with Crippen molar-refractivity contribution in [2.45, 2.75) is 13.0 Å². The topological polar surface area (TPSA) is 76.2 Å². The molecule has 1 N–H and O–H groups in total. The Morgan fingerprint density at radius 2 is 1.79 bits per heavy atom. The van der Waals surface area contributed by atoms with Crippen LogP contribution in [-0.4, -0.2) is 14.5 Å². The second kappa shape index (κ2) is 8.84. The predicted molar refractivity (Wildman–Crippen MR) is 128 cm³/mol. The molecule has 8 heteroatoms. The van der Waals surface area contributed by atoms with Crippen molar-refractivity contribution in [1.29, 1.82) is 0 Å². The lowest BCUT2D eigenvalue weighted by Crippen LogP contribution is -2.17. The molecule has 3 aromatic carbocycles. The van der Waals surface area contributed by atoms with E-state index in [1.807, 2.05) is 34.3 Å². The number of fused-ring (bicyclic) bond motifs is 1. The summed E-state index contributed by atoms with van der Waals surface area (Å²) in [5.74, 6) is -0.383. The summed E-state index contributed by atoms with van der Waals surface area (Å²) in [6, 6.07) is 21.0. The minimum absolute atomic E-state index is 0.0376. The van der Waals surface area contributed by atoms with Gasteiger partial charge in [0.15, 0.2) is 4.80 Å². The van der Waals surface area contributed by atoms with E-state index in [9.17, 15) is 14.5 Å². The molecule has 0 aliphatic heterocycles. The standard InChI is InChI=1S/C25H19FN4O2S/c26-21-6-2-4-8-23(21)28-25-29(14-13-18-15-27-22-7-3-1-5-20(18)22)24(16-33-25)17-9-11-19(12-10-17)30(31)32/h1-12,15-16,27H,13-14H2. The summed E-state index contributed by atoms with van der Waals surface area (Å²) in [4.78, 5) is 19.2. The fraction of sp³-hybridized carbons (Fsp3) is 0.0800. The summed E-state index contributed by atoms with van der Waals surface area (Å²) in [6.07, 6.45) is 2.75. The average Bonchev–Trinajstić information content (AvgIpc) is 3.43. The number of nitro groups is 1. The summed E-state index contributed by atoms with van der Waals surface area (Å²) in [6.45, 7) is 0.616. The number of aromatic nitrogens is 2. The summed E-state index contributed by atoms with van der Waals surface area (Å²) in [7, 11) is 0. The van der Waals surface area contributed by atoms with E-state index in [1.54, 1.807) is 30.3 Å². The first-order chi connectivity index (χ1) is 16.1. The van der Waals surface area contributed by atoms with Crippen LogP contribution in [0.5, 0.6) is 0 Å². The highest BCUT2D eigenvalue weighted by Gasteiger charge is 2.13. The smallest absolute Gasteiger partial charge is 0.269 e. The van der Waals surface area contributed by atoms with Gasteiger partial charge >= 0.3 is 0 Å². The van der Waals surface area contributed by atoms with Gasteiger partial charge in [-0.05, 0) is 47.9 Å². The molecule has 0 spiro atoms. The molecule has 164 valence electrons. The third-order valence-corrected chi connectivity index (χ3v) is 6.38. The lowest BCUT2D eigenvalue weighted by atomic mass is 10.1. The van der Waals surface area contributed by atoms with E-state index in [0.717, 1.165) is 28.6 Å². The molecule has 0 unspecified atom stereocenters. The highest BCUT2D eigenvalue weighted by molar-refractivity contribution is 7.07. The van der Waals surface area contributed by atoms with Crippen LogP contribution in [0.4, 0.5) is 15.8 Å². The number of non-ortho nitro benzene ring substituents is 1. The van der Waals surface area contributed by atoms with Crippen LogP contribution >= 0.6 is 11.3 Å². The van der Waals surface area contributed by atoms with E-state index in [0.29, 0.717) is 11.3 Å². The van der Waals surface area contributed by atoms with Crippen LogP contribution in [0, 0.1) is 15.9 Å². The molecule has 2 aromatic heterocycles. The quantitative estimate of drug-likeness (QED) is 0.242. The molecular formula is C25H19FN4O2S. The van der Waals surface area contributed by atoms with Gasteiger partial charge < -0.3 is 9.55 Å². The third-order valence-electron chi connectivity index (χ3n) is 5.52. The van der Waals surface area contributed by atoms with Crippen molar-refractivity contribution in [3.63, 3.8) is 0 Å². The number of thiazole rings is 1. The van der Waals surface area contributed by atoms with Crippen LogP contribution in [0.2, 0.25) is 0 Å². The Labute approximate surface area is 192 Å². The van der Waals surface area contributed by atoms with Crippen molar-refractivity contribution in [2.75, 3.05) is 0 Å². The van der Waals surface area contributed by atoms with E-state index < -0.39 is 4.92 Å². The number of nitro benzene ring substituents is 1. The maximum atomic E-state index is 14.3. The first-order valence-electron chi connectivity index (χ1n) is 10.4. The number of nitrogens with zero attached hydrogens (tertiary/aromatic N) is 3. The van der Waals surface area contributed by atoms with E-state index in [2.05, 4.69) is 16.0 Å². The Hall–Kier alpha value is -4.04. The first-order valence-corrected chi connectivity index (χ1v) is 11.3. The molecule has 5 aromatic rings. The van der Waals surface area contributed by atoms with Crippen molar-refractivity contribution < 1.29 is 9.31 Å². The molecule has 0 fully saturated rings. The van der Waals surface area contributed by atoms with Crippen molar-refractivity contribution >= 4 is 33.6 Å². The van der Waals surface area contributed by atoms with Gasteiger partial charge in [-0.1, -0.05) is 30.3 Å². The van der Waals surface area contributed by atoms with Crippen LogP contribution in [0.15, 0.2) is 89.4 Å². The Bertz CT molecular complexity index is 1520. The van der Waals surface area contributed by atoms with Crippen molar-refractivity contribution in [3.8, 4) is 11.3 Å². The van der Waals surface area contributed by atoms with Crippen molar-refractivity contribution in [2.24, 2.45) is 4.99 Å². The fourth-order valence-corrected chi connectivity index (χ4v) is 4.78. The second-order valence-corrected chi connectivity index (χ2v) is 8.37. The third kappa shape index (κ3) is 4.20. The van der Waals surface area contributed by atoms with E-state index in [1.165, 1.54) is 35.1 Å². The normalized spacial score (nSPS) is 11.8. The minimum Gasteiger partial charge on any atom is -0.361 e. The summed E-state index contributed by atoms with van der Waals surface area (Å²) in [5.41, 5.74) is 4.28. The average molecular weight is 459 g/mol. The Morgan fingerprint density at radius 3 is 2.58 bits per heavy atom. The van der Waals surface area contributed by atoms with Crippen LogP contribution in [0.1, 0.15) is 5.56 Å². The Balaban J connectivity index is 1.57. The molecule has 0 aliphatic carbocycles. The predicted octanol–water partition coefficient (Wildman–Crippen LogP) is 6.22. The molecular weight excluding hydrogens is 439 g/mol. The molecule has 0 aliphatic rings. The number of hydrogen-bond donors (Lipinski definition) is 1. The molecule has 6 nitrogen and oxygen atoms in total. The summed E-state index contributed by atoms with van der Waals surface area (Å²) < 4.78 is 16.3. The monoisotopic (exact) mass is 458 g/mol. The SMILES string of the molecule is O=[N+]([O-])c1ccc(-c2csc(=Nc3ccccc3F)n2CCc2c[nH]c3ccccc23)cc1. The van der Waals surface area contributed by atoms with Crippen molar-refractivity contribution in [3.05, 3.63) is 111 Å². The number of aryl methyl sites for hydroxylation is 1. The molecule has 33 heavy (non-hydrogen) atoms. The highest BCUT2D eigenvalue weighted by Crippen LogP contribution is 2.25. The van der Waals surface area contributed by atoms with Gasteiger partial charge in [0.05, 0.1) is 10.6 Å². The van der Waals surface area contributed by atoms with Gasteiger partial charge in [-0.2, -0.15) is 0 Å². The number of aromatic amines is 1. The largest absolute Gasteiger partial charge is 0.361 e. The van der Waals surface area contributed by atoms with Gasteiger partial charge in [0.2, 0.25) is 0 Å². The number of benzene rings is 3. The second-order valence-electron chi connectivity index (χ2n) is 7.53. The molecule has 0 amide bonds. The van der Waals surface area contributed by atoms with Gasteiger partial charge in [-0.3, -0.25) is 10.1 Å². The van der Waals surface area contributed by atoms with Gasteiger partial charge in [-0.25, -0.2) is 9.38 Å². The summed E-state index contributed by atoms with van der Waals surface area (Å²) >= 11 is 1.41. The molecule has 5 rings (SSSR count). The number of hydrogen-bond acceptors (Lipinski definition) is 4. The molecule has 0 bridgehead atoms.